The molecule has 1 aromatic carbocycles. The Bertz CT molecular complexity index is 680. The van der Waals surface area contributed by atoms with E-state index in [2.05, 4.69) is 16.4 Å². The van der Waals surface area contributed by atoms with Crippen molar-refractivity contribution in [2.75, 3.05) is 5.32 Å². The van der Waals surface area contributed by atoms with Gasteiger partial charge in [0.15, 0.2) is 11.2 Å². The van der Waals surface area contributed by atoms with Crippen molar-refractivity contribution < 1.29 is 9.53 Å². The lowest BCUT2D eigenvalue weighted by Crippen LogP contribution is -2.30. The van der Waals surface area contributed by atoms with Gasteiger partial charge in [-0.3, -0.25) is 10.1 Å². The molecular formula is C18H22N2O2S. The van der Waals surface area contributed by atoms with Gasteiger partial charge in [-0.1, -0.05) is 6.07 Å². The van der Waals surface area contributed by atoms with Gasteiger partial charge in [-0.2, -0.15) is 0 Å². The highest BCUT2D eigenvalue weighted by atomic mass is 32.1. The molecule has 4 nitrogen and oxygen atoms in total. The zero-order valence-electron chi connectivity index (χ0n) is 13.8. The second-order valence-corrected chi connectivity index (χ2v) is 7.25. The Balaban J connectivity index is 1.64. The number of carbonyl (C=O) groups excluding carboxylic acids is 1. The van der Waals surface area contributed by atoms with Gasteiger partial charge in [0.25, 0.3) is 5.91 Å². The molecule has 0 saturated carbocycles. The van der Waals surface area contributed by atoms with Crippen LogP contribution in [0.15, 0.2) is 18.2 Å². The lowest BCUT2D eigenvalue weighted by Gasteiger charge is -2.14. The largest absolute Gasteiger partial charge is 0.481 e. The summed E-state index contributed by atoms with van der Waals surface area (Å²) in [5.41, 5.74) is 3.40. The predicted molar refractivity (Wildman–Crippen MR) is 93.4 cm³/mol. The number of hydrogen-bond donors (Lipinski definition) is 1. The predicted octanol–water partition coefficient (Wildman–Crippen LogP) is 4.04. The first-order valence-electron chi connectivity index (χ1n) is 8.05. The molecule has 3 rings (SSSR count). The van der Waals surface area contributed by atoms with E-state index in [1.807, 2.05) is 26.0 Å². The van der Waals surface area contributed by atoms with Crippen molar-refractivity contribution >= 4 is 22.4 Å². The van der Waals surface area contributed by atoms with Crippen LogP contribution >= 0.6 is 11.3 Å². The summed E-state index contributed by atoms with van der Waals surface area (Å²) in [5, 5.41) is 3.58. The minimum absolute atomic E-state index is 0.157. The van der Waals surface area contributed by atoms with Gasteiger partial charge in [0.1, 0.15) is 5.75 Å². The molecule has 122 valence electrons. The second-order valence-electron chi connectivity index (χ2n) is 6.17. The van der Waals surface area contributed by atoms with Crippen LogP contribution in [0.2, 0.25) is 0 Å². The molecule has 1 N–H and O–H groups in total. The summed E-state index contributed by atoms with van der Waals surface area (Å²) in [7, 11) is 0. The number of hydrogen-bond acceptors (Lipinski definition) is 4. The van der Waals surface area contributed by atoms with E-state index in [9.17, 15) is 4.79 Å². The summed E-state index contributed by atoms with van der Waals surface area (Å²) < 4.78 is 5.78. The van der Waals surface area contributed by atoms with Crippen LogP contribution in [0.4, 0.5) is 5.13 Å². The van der Waals surface area contributed by atoms with Crippen molar-refractivity contribution in [1.29, 1.82) is 0 Å². The van der Waals surface area contributed by atoms with Gasteiger partial charge in [0.2, 0.25) is 0 Å². The number of ether oxygens (including phenoxy) is 1. The molecule has 1 aliphatic carbocycles. The van der Waals surface area contributed by atoms with Crippen molar-refractivity contribution in [2.45, 2.75) is 52.6 Å². The van der Waals surface area contributed by atoms with Crippen LogP contribution in [0.1, 0.15) is 41.5 Å². The van der Waals surface area contributed by atoms with Gasteiger partial charge in [-0.05, 0) is 69.7 Å². The summed E-state index contributed by atoms with van der Waals surface area (Å²) >= 11 is 1.59. The number of carbonyl (C=O) groups is 1. The van der Waals surface area contributed by atoms with Crippen LogP contribution in [0.3, 0.4) is 0 Å². The van der Waals surface area contributed by atoms with Crippen LogP contribution in [0, 0.1) is 13.8 Å². The minimum Gasteiger partial charge on any atom is -0.481 e. The molecule has 0 bridgehead atoms. The van der Waals surface area contributed by atoms with Crippen molar-refractivity contribution in [3.05, 3.63) is 39.9 Å². The zero-order chi connectivity index (χ0) is 16.4. The number of nitrogens with zero attached hydrogens (tertiary/aromatic N) is 1. The molecule has 23 heavy (non-hydrogen) atoms. The van der Waals surface area contributed by atoms with Crippen LogP contribution in [0.5, 0.6) is 5.75 Å². The maximum atomic E-state index is 12.3. The van der Waals surface area contributed by atoms with E-state index in [-0.39, 0.29) is 5.91 Å². The molecule has 0 saturated heterocycles. The number of amides is 1. The molecule has 0 spiro atoms. The van der Waals surface area contributed by atoms with Crippen LogP contribution < -0.4 is 10.1 Å². The van der Waals surface area contributed by atoms with Crippen molar-refractivity contribution in [1.82, 2.24) is 4.98 Å². The van der Waals surface area contributed by atoms with E-state index < -0.39 is 6.10 Å². The summed E-state index contributed by atoms with van der Waals surface area (Å²) in [6.07, 6.45) is 3.95. The Labute approximate surface area is 140 Å². The first-order chi connectivity index (χ1) is 11.0. The highest BCUT2D eigenvalue weighted by Gasteiger charge is 2.20. The fraction of sp³-hybridized carbons (Fsp3) is 0.444. The van der Waals surface area contributed by atoms with Crippen molar-refractivity contribution in [3.8, 4) is 5.75 Å². The molecule has 1 unspecified atom stereocenters. The minimum atomic E-state index is -0.558. The summed E-state index contributed by atoms with van der Waals surface area (Å²) in [6.45, 7) is 5.80. The van der Waals surface area contributed by atoms with Crippen molar-refractivity contribution in [2.24, 2.45) is 0 Å². The first-order valence-corrected chi connectivity index (χ1v) is 8.87. The molecular weight excluding hydrogens is 308 g/mol. The Morgan fingerprint density at radius 3 is 2.61 bits per heavy atom. The van der Waals surface area contributed by atoms with Crippen LogP contribution in [0.25, 0.3) is 0 Å². The van der Waals surface area contributed by atoms with Crippen LogP contribution in [-0.2, 0) is 17.6 Å². The monoisotopic (exact) mass is 330 g/mol. The van der Waals surface area contributed by atoms with Crippen molar-refractivity contribution in [3.63, 3.8) is 0 Å². The topological polar surface area (TPSA) is 51.2 Å². The SMILES string of the molecule is Cc1cc(C)cc(OC(C)C(=O)Nc2nc3c(s2)CCCC3)c1. The third kappa shape index (κ3) is 3.91. The van der Waals surface area contributed by atoms with Gasteiger partial charge >= 0.3 is 0 Å². The Morgan fingerprint density at radius 2 is 1.91 bits per heavy atom. The Hall–Kier alpha value is -1.88. The van der Waals surface area contributed by atoms with E-state index in [0.717, 1.165) is 35.4 Å². The highest BCUT2D eigenvalue weighted by molar-refractivity contribution is 7.15. The Kier molecular flexibility index (Phi) is 4.66. The van der Waals surface area contributed by atoms with Gasteiger partial charge in [0, 0.05) is 4.88 Å². The summed E-state index contributed by atoms with van der Waals surface area (Å²) in [4.78, 5) is 18.2. The number of benzene rings is 1. The Morgan fingerprint density at radius 1 is 1.22 bits per heavy atom. The van der Waals surface area contributed by atoms with Gasteiger partial charge < -0.3 is 4.74 Å². The van der Waals surface area contributed by atoms with Gasteiger partial charge in [-0.15, -0.1) is 11.3 Å². The number of nitrogens with one attached hydrogen (secondary N) is 1. The quantitative estimate of drug-likeness (QED) is 0.920. The lowest BCUT2D eigenvalue weighted by atomic mass is 10.0. The smallest absolute Gasteiger partial charge is 0.266 e. The number of aryl methyl sites for hydroxylation is 4. The molecule has 1 aliphatic rings. The number of rotatable bonds is 4. The number of aromatic nitrogens is 1. The zero-order valence-corrected chi connectivity index (χ0v) is 14.6. The molecule has 1 aromatic heterocycles. The highest BCUT2D eigenvalue weighted by Crippen LogP contribution is 2.29. The number of fused-ring (bicyclic) bond motifs is 1. The number of thiazole rings is 1. The lowest BCUT2D eigenvalue weighted by molar-refractivity contribution is -0.122. The standard InChI is InChI=1S/C18H22N2O2S/c1-11-8-12(2)10-14(9-11)22-13(3)17(21)20-18-19-15-6-4-5-7-16(15)23-18/h8-10,13H,4-7H2,1-3H3,(H,19,20,21). The normalized spacial score (nSPS) is 14.9. The fourth-order valence-electron chi connectivity index (χ4n) is 2.87. The molecule has 0 fully saturated rings. The maximum absolute atomic E-state index is 12.3. The van der Waals surface area contributed by atoms with E-state index in [4.69, 9.17) is 4.74 Å². The first kappa shape index (κ1) is 16.0. The average molecular weight is 330 g/mol. The van der Waals surface area contributed by atoms with E-state index in [1.54, 1.807) is 18.3 Å². The van der Waals surface area contributed by atoms with Gasteiger partial charge in [-0.25, -0.2) is 4.98 Å². The second kappa shape index (κ2) is 6.71. The fourth-order valence-corrected chi connectivity index (χ4v) is 3.92. The molecule has 1 amide bonds. The molecule has 0 aliphatic heterocycles. The third-order valence-corrected chi connectivity index (χ3v) is 5.03. The summed E-state index contributed by atoms with van der Waals surface area (Å²) in [6, 6.07) is 5.97. The van der Waals surface area contributed by atoms with Crippen LogP contribution in [-0.4, -0.2) is 17.0 Å². The molecule has 5 heteroatoms. The molecule has 1 heterocycles. The van der Waals surface area contributed by atoms with Gasteiger partial charge in [0.05, 0.1) is 5.69 Å². The third-order valence-electron chi connectivity index (χ3n) is 3.95. The summed E-state index contributed by atoms with van der Waals surface area (Å²) in [5.74, 6) is 0.568. The maximum Gasteiger partial charge on any atom is 0.266 e. The molecule has 1 atom stereocenters. The molecule has 2 aromatic rings. The van der Waals surface area contributed by atoms with E-state index >= 15 is 0 Å². The van der Waals surface area contributed by atoms with E-state index in [0.29, 0.717) is 5.13 Å². The van der Waals surface area contributed by atoms with E-state index in [1.165, 1.54) is 17.7 Å². The molecule has 0 radical (unpaired) electrons. The number of anilines is 1. The average Bonchev–Trinajstić information content (AvgIpc) is 2.88.